The van der Waals surface area contributed by atoms with Gasteiger partial charge in [0.2, 0.25) is 10.4 Å². The van der Waals surface area contributed by atoms with Gasteiger partial charge in [0.1, 0.15) is 0 Å². The first-order valence-electron chi connectivity index (χ1n) is 4.59. The van der Waals surface area contributed by atoms with E-state index in [-0.39, 0.29) is 12.5 Å². The molecular weight excluding hydrogens is 192 g/mol. The van der Waals surface area contributed by atoms with E-state index in [1.807, 2.05) is 6.92 Å². The van der Waals surface area contributed by atoms with Gasteiger partial charge >= 0.3 is 0 Å². The lowest BCUT2D eigenvalue weighted by Gasteiger charge is -2.15. The Balaban J connectivity index is 3.72. The summed E-state index contributed by atoms with van der Waals surface area (Å²) in [6.45, 7) is 4.06. The van der Waals surface area contributed by atoms with E-state index < -0.39 is 10.4 Å². The van der Waals surface area contributed by atoms with Crippen LogP contribution in [0.25, 0.3) is 0 Å². The molecule has 0 bridgehead atoms. The van der Waals surface area contributed by atoms with Crippen LogP contribution in [0.3, 0.4) is 0 Å². The van der Waals surface area contributed by atoms with Crippen LogP contribution < -0.4 is 0 Å². The third-order valence-corrected chi connectivity index (χ3v) is 2.42. The average molecular weight is 209 g/mol. The van der Waals surface area contributed by atoms with Gasteiger partial charge in [-0.3, -0.25) is 4.18 Å². The van der Waals surface area contributed by atoms with Crippen molar-refractivity contribution in [1.82, 2.24) is 0 Å². The predicted octanol–water partition coefficient (Wildman–Crippen LogP) is 1.68. The van der Waals surface area contributed by atoms with E-state index >= 15 is 0 Å². The smallest absolute Gasteiger partial charge is 0.217 e. The fraction of sp³-hybridized carbons (Fsp3) is 1.00. The van der Waals surface area contributed by atoms with E-state index in [0.717, 1.165) is 25.7 Å². The first-order valence-corrected chi connectivity index (χ1v) is 5.93. The molecule has 0 aliphatic carbocycles. The third kappa shape index (κ3) is 8.21. The van der Waals surface area contributed by atoms with Gasteiger partial charge < -0.3 is 4.55 Å². The molecule has 5 heteroatoms. The summed E-state index contributed by atoms with van der Waals surface area (Å²) in [6, 6.07) is 0. The standard InChI is InChI=1S/C8H18O4S/c1-3-5-6-8(4-2)7-12-13(9,10)11/h8H,3-7H2,1-2H3,(H,9,10,11)/p-1. The van der Waals surface area contributed by atoms with Crippen LogP contribution in [0.4, 0.5) is 0 Å². The van der Waals surface area contributed by atoms with Crippen molar-refractivity contribution < 1.29 is 17.2 Å². The van der Waals surface area contributed by atoms with E-state index in [2.05, 4.69) is 11.1 Å². The highest BCUT2D eigenvalue weighted by Gasteiger charge is 2.07. The molecule has 0 saturated carbocycles. The number of hydrogen-bond acceptors (Lipinski definition) is 4. The van der Waals surface area contributed by atoms with Crippen LogP contribution in [0.15, 0.2) is 0 Å². The molecule has 0 aromatic rings. The second-order valence-electron chi connectivity index (χ2n) is 3.11. The molecule has 1 atom stereocenters. The highest BCUT2D eigenvalue weighted by molar-refractivity contribution is 7.80. The summed E-state index contributed by atoms with van der Waals surface area (Å²) >= 11 is 0. The molecule has 0 heterocycles. The number of rotatable bonds is 7. The molecule has 0 radical (unpaired) electrons. The number of unbranched alkanes of at least 4 members (excludes halogenated alkanes) is 1. The average Bonchev–Trinajstić information content (AvgIpc) is 2.03. The monoisotopic (exact) mass is 209 g/mol. The van der Waals surface area contributed by atoms with Gasteiger partial charge in [0.15, 0.2) is 0 Å². The molecule has 1 unspecified atom stereocenters. The molecule has 13 heavy (non-hydrogen) atoms. The maximum absolute atomic E-state index is 10.1. The Hall–Kier alpha value is -0.130. The van der Waals surface area contributed by atoms with Crippen LogP contribution in [0.1, 0.15) is 39.5 Å². The van der Waals surface area contributed by atoms with Crippen molar-refractivity contribution in [2.75, 3.05) is 6.61 Å². The molecule has 0 spiro atoms. The zero-order valence-electron chi connectivity index (χ0n) is 8.15. The lowest BCUT2D eigenvalue weighted by Crippen LogP contribution is -2.13. The summed E-state index contributed by atoms with van der Waals surface area (Å²) in [7, 11) is -4.50. The topological polar surface area (TPSA) is 66.4 Å². The van der Waals surface area contributed by atoms with Crippen LogP contribution >= 0.6 is 0 Å². The Morgan fingerprint density at radius 2 is 2.00 bits per heavy atom. The van der Waals surface area contributed by atoms with Crippen molar-refractivity contribution >= 4 is 10.4 Å². The first kappa shape index (κ1) is 12.9. The largest absolute Gasteiger partial charge is 0.726 e. The minimum Gasteiger partial charge on any atom is -0.726 e. The van der Waals surface area contributed by atoms with Crippen molar-refractivity contribution in [2.45, 2.75) is 39.5 Å². The molecule has 4 nitrogen and oxygen atoms in total. The lowest BCUT2D eigenvalue weighted by atomic mass is 10.0. The highest BCUT2D eigenvalue weighted by Crippen LogP contribution is 2.13. The third-order valence-electron chi connectivity index (χ3n) is 1.99. The Kier molecular flexibility index (Phi) is 6.28. The zero-order chi connectivity index (χ0) is 10.3. The summed E-state index contributed by atoms with van der Waals surface area (Å²) in [6.07, 6.45) is 3.87. The van der Waals surface area contributed by atoms with Crippen molar-refractivity contribution in [3.63, 3.8) is 0 Å². The molecule has 0 fully saturated rings. The molecule has 0 rings (SSSR count). The maximum Gasteiger partial charge on any atom is 0.217 e. The van der Waals surface area contributed by atoms with Gasteiger partial charge in [-0.25, -0.2) is 8.42 Å². The van der Waals surface area contributed by atoms with Crippen LogP contribution in [-0.2, 0) is 14.6 Å². The molecular formula is C8H17O4S-. The SMILES string of the molecule is CCCCC(CC)COS(=O)(=O)[O-]. The second kappa shape index (κ2) is 6.34. The molecule has 0 saturated heterocycles. The summed E-state index contributed by atoms with van der Waals surface area (Å²) in [4.78, 5) is 0. The van der Waals surface area contributed by atoms with Gasteiger partial charge in [0, 0.05) is 0 Å². The van der Waals surface area contributed by atoms with E-state index in [1.54, 1.807) is 0 Å². The molecule has 0 amide bonds. The Labute approximate surface area is 80.2 Å². The quantitative estimate of drug-likeness (QED) is 0.472. The van der Waals surface area contributed by atoms with Gasteiger partial charge in [0.25, 0.3) is 0 Å². The summed E-state index contributed by atoms with van der Waals surface area (Å²) < 4.78 is 34.6. The molecule has 0 aromatic carbocycles. The van der Waals surface area contributed by atoms with Crippen molar-refractivity contribution in [1.29, 1.82) is 0 Å². The fourth-order valence-corrected chi connectivity index (χ4v) is 1.44. The predicted molar refractivity (Wildman–Crippen MR) is 49.0 cm³/mol. The zero-order valence-corrected chi connectivity index (χ0v) is 8.97. The summed E-state index contributed by atoms with van der Waals surface area (Å²) in [5.74, 6) is 0.184. The molecule has 0 aliphatic rings. The highest BCUT2D eigenvalue weighted by atomic mass is 32.3. The van der Waals surface area contributed by atoms with Crippen molar-refractivity contribution in [3.8, 4) is 0 Å². The van der Waals surface area contributed by atoms with E-state index in [4.69, 9.17) is 0 Å². The Morgan fingerprint density at radius 3 is 2.38 bits per heavy atom. The van der Waals surface area contributed by atoms with E-state index in [1.165, 1.54) is 0 Å². The lowest BCUT2D eigenvalue weighted by molar-refractivity contribution is 0.207. The summed E-state index contributed by atoms with van der Waals surface area (Å²) in [5.41, 5.74) is 0. The van der Waals surface area contributed by atoms with E-state index in [9.17, 15) is 13.0 Å². The Bertz CT molecular complexity index is 210. The van der Waals surface area contributed by atoms with Crippen LogP contribution in [0, 0.1) is 5.92 Å². The van der Waals surface area contributed by atoms with Gasteiger partial charge in [-0.1, -0.05) is 33.1 Å². The van der Waals surface area contributed by atoms with Gasteiger partial charge in [-0.15, -0.1) is 0 Å². The van der Waals surface area contributed by atoms with Gasteiger partial charge in [-0.2, -0.15) is 0 Å². The molecule has 0 aromatic heterocycles. The van der Waals surface area contributed by atoms with E-state index in [0.29, 0.717) is 0 Å². The van der Waals surface area contributed by atoms with Crippen LogP contribution in [0.5, 0.6) is 0 Å². The first-order chi connectivity index (χ1) is 5.99. The maximum atomic E-state index is 10.1. The minimum absolute atomic E-state index is 0.0301. The van der Waals surface area contributed by atoms with Gasteiger partial charge in [-0.05, 0) is 12.3 Å². The Morgan fingerprint density at radius 1 is 1.38 bits per heavy atom. The van der Waals surface area contributed by atoms with Gasteiger partial charge in [0.05, 0.1) is 6.61 Å². The van der Waals surface area contributed by atoms with Crippen molar-refractivity contribution in [2.24, 2.45) is 5.92 Å². The second-order valence-corrected chi connectivity index (χ2v) is 4.16. The van der Waals surface area contributed by atoms with Crippen LogP contribution in [0.2, 0.25) is 0 Å². The number of hydrogen-bond donors (Lipinski definition) is 0. The normalized spacial score (nSPS) is 14.4. The van der Waals surface area contributed by atoms with Crippen LogP contribution in [-0.4, -0.2) is 19.6 Å². The summed E-state index contributed by atoms with van der Waals surface area (Å²) in [5, 5.41) is 0. The fourth-order valence-electron chi connectivity index (χ4n) is 1.08. The molecule has 80 valence electrons. The molecule has 0 N–H and O–H groups in total. The minimum atomic E-state index is -4.50. The van der Waals surface area contributed by atoms with Crippen molar-refractivity contribution in [3.05, 3.63) is 0 Å². The molecule has 0 aliphatic heterocycles.